The van der Waals surface area contributed by atoms with E-state index in [1.165, 1.54) is 6.92 Å². The van der Waals surface area contributed by atoms with Gasteiger partial charge in [-0.3, -0.25) is 19.9 Å². The second-order valence-corrected chi connectivity index (χ2v) is 3.25. The molecule has 0 aromatic carbocycles. The molecule has 1 heterocycles. The van der Waals surface area contributed by atoms with E-state index < -0.39 is 39.9 Å². The number of alkyl halides is 3. The number of rotatable bonds is 4. The van der Waals surface area contributed by atoms with Crippen LogP contribution in [0.5, 0.6) is 5.88 Å². The van der Waals surface area contributed by atoms with Crippen LogP contribution in [0, 0.1) is 10.1 Å². The Hall–Kier alpha value is -2.59. The number of carbonyl (C=O) groups is 1. The number of halogens is 3. The van der Waals surface area contributed by atoms with Crippen LogP contribution in [0.2, 0.25) is 0 Å². The predicted octanol–water partition coefficient (Wildman–Crippen LogP) is 1.36. The lowest BCUT2D eigenvalue weighted by atomic mass is 10.2. The number of esters is 1. The number of pyridine rings is 1. The number of nitrogens with one attached hydrogen (secondary N) is 1. The lowest BCUT2D eigenvalue weighted by Crippen LogP contribution is -2.25. The van der Waals surface area contributed by atoms with Gasteiger partial charge >= 0.3 is 12.3 Å². The van der Waals surface area contributed by atoms with Crippen LogP contribution in [0.4, 0.5) is 18.9 Å². The Kier molecular flexibility index (Phi) is 4.32. The molecule has 1 N–H and O–H groups in total. The van der Waals surface area contributed by atoms with Crippen molar-refractivity contribution in [2.24, 2.45) is 0 Å². The van der Waals surface area contributed by atoms with Crippen LogP contribution >= 0.6 is 0 Å². The number of hydrogen-bond acceptors (Lipinski definition) is 6. The van der Waals surface area contributed by atoms with Crippen molar-refractivity contribution in [3.8, 4) is 5.88 Å². The lowest BCUT2D eigenvalue weighted by Gasteiger charge is -2.09. The van der Waals surface area contributed by atoms with Gasteiger partial charge in [-0.05, 0) is 6.92 Å². The highest BCUT2D eigenvalue weighted by Gasteiger charge is 2.34. The summed E-state index contributed by atoms with van der Waals surface area (Å²) in [6.07, 6.45) is -5.15. The maximum atomic E-state index is 12.0. The number of hydrogen-bond donors (Lipinski definition) is 1. The topological polar surface area (TPSA) is 112 Å². The first-order chi connectivity index (χ1) is 9.15. The molecule has 0 saturated heterocycles. The van der Waals surface area contributed by atoms with Crippen LogP contribution in [-0.2, 0) is 4.74 Å². The number of nitro groups is 1. The highest BCUT2D eigenvalue weighted by atomic mass is 19.4. The van der Waals surface area contributed by atoms with Crippen LogP contribution in [0.1, 0.15) is 17.3 Å². The molecule has 0 aliphatic heterocycles. The number of aromatic nitrogens is 1. The molecule has 1 aromatic rings. The number of nitrogens with zero attached hydrogens (tertiary/aromatic N) is 1. The maximum Gasteiger partial charge on any atom is 0.574 e. The molecule has 0 saturated carbocycles. The molecule has 0 spiro atoms. The predicted molar refractivity (Wildman–Crippen MR) is 56.4 cm³/mol. The van der Waals surface area contributed by atoms with E-state index >= 15 is 0 Å². The van der Waals surface area contributed by atoms with Crippen LogP contribution in [-0.4, -0.2) is 28.8 Å². The molecule has 0 aliphatic carbocycles. The highest BCUT2D eigenvalue weighted by Crippen LogP contribution is 2.25. The molecule has 0 aliphatic rings. The molecular weight excluding hydrogens is 289 g/mol. The van der Waals surface area contributed by atoms with Crippen molar-refractivity contribution in [1.82, 2.24) is 4.98 Å². The van der Waals surface area contributed by atoms with Crippen molar-refractivity contribution in [1.29, 1.82) is 0 Å². The first-order valence-corrected chi connectivity index (χ1v) is 5.00. The van der Waals surface area contributed by atoms with Crippen molar-refractivity contribution >= 4 is 11.7 Å². The number of H-pyrrole nitrogens is 1. The lowest BCUT2D eigenvalue weighted by molar-refractivity contribution is -0.385. The zero-order valence-electron chi connectivity index (χ0n) is 9.82. The van der Waals surface area contributed by atoms with Gasteiger partial charge in [0, 0.05) is 0 Å². The second-order valence-electron chi connectivity index (χ2n) is 3.25. The Bertz CT molecular complexity index is 594. The fraction of sp³-hybridized carbons (Fsp3) is 0.333. The minimum Gasteiger partial charge on any atom is -0.462 e. The van der Waals surface area contributed by atoms with Gasteiger partial charge in [-0.15, -0.1) is 13.2 Å². The molecule has 0 atom stereocenters. The van der Waals surface area contributed by atoms with Gasteiger partial charge in [0.15, 0.2) is 0 Å². The SMILES string of the molecule is CCOC(=O)c1c([N+](=O)[O-])cc(OC(F)(F)F)[nH]c1=O. The smallest absolute Gasteiger partial charge is 0.462 e. The van der Waals surface area contributed by atoms with Gasteiger partial charge in [-0.1, -0.05) is 0 Å². The molecule has 11 heteroatoms. The molecule has 110 valence electrons. The average Bonchev–Trinajstić information content (AvgIpc) is 2.25. The van der Waals surface area contributed by atoms with E-state index in [1.54, 1.807) is 4.98 Å². The van der Waals surface area contributed by atoms with Crippen molar-refractivity contribution in [2.45, 2.75) is 13.3 Å². The van der Waals surface area contributed by atoms with Gasteiger partial charge in [0.2, 0.25) is 11.4 Å². The molecule has 0 amide bonds. The summed E-state index contributed by atoms with van der Waals surface area (Å²) in [7, 11) is 0. The zero-order valence-corrected chi connectivity index (χ0v) is 9.82. The van der Waals surface area contributed by atoms with Crippen LogP contribution in [0.3, 0.4) is 0 Å². The minimum absolute atomic E-state index is 0.170. The van der Waals surface area contributed by atoms with Gasteiger partial charge in [-0.2, -0.15) is 0 Å². The highest BCUT2D eigenvalue weighted by molar-refractivity contribution is 5.93. The second kappa shape index (κ2) is 5.59. The number of aromatic amines is 1. The fourth-order valence-corrected chi connectivity index (χ4v) is 1.25. The monoisotopic (exact) mass is 296 g/mol. The first-order valence-electron chi connectivity index (χ1n) is 5.00. The summed E-state index contributed by atoms with van der Waals surface area (Å²) < 4.78 is 43.7. The molecule has 1 rings (SSSR count). The molecule has 8 nitrogen and oxygen atoms in total. The zero-order chi connectivity index (χ0) is 15.5. The third kappa shape index (κ3) is 3.70. The number of ether oxygens (including phenoxy) is 2. The molecule has 0 radical (unpaired) electrons. The molecular formula is C9H7F3N2O6. The summed E-state index contributed by atoms with van der Waals surface area (Å²) in [5.41, 5.74) is -3.57. The molecule has 1 aromatic heterocycles. The Morgan fingerprint density at radius 3 is 2.55 bits per heavy atom. The molecule has 0 fully saturated rings. The largest absolute Gasteiger partial charge is 0.574 e. The van der Waals surface area contributed by atoms with Crippen molar-refractivity contribution in [3.05, 3.63) is 32.1 Å². The third-order valence-corrected chi connectivity index (χ3v) is 1.89. The fourth-order valence-electron chi connectivity index (χ4n) is 1.25. The Balaban J connectivity index is 3.37. The van der Waals surface area contributed by atoms with Gasteiger partial charge in [0.25, 0.3) is 11.2 Å². The van der Waals surface area contributed by atoms with Crippen molar-refractivity contribution in [3.63, 3.8) is 0 Å². The van der Waals surface area contributed by atoms with E-state index in [0.29, 0.717) is 0 Å². The standard InChI is InChI=1S/C9H7F3N2O6/c1-2-19-8(16)6-4(14(17)18)3-5(13-7(6)15)20-9(10,11)12/h3H,2H2,1H3,(H,13,15). The quantitative estimate of drug-likeness (QED) is 0.510. The number of carbonyl (C=O) groups excluding carboxylic acids is 1. The summed E-state index contributed by atoms with van der Waals surface area (Å²) in [5.74, 6) is -2.53. The van der Waals surface area contributed by atoms with Gasteiger partial charge < -0.3 is 9.47 Å². The van der Waals surface area contributed by atoms with Crippen LogP contribution < -0.4 is 10.3 Å². The van der Waals surface area contributed by atoms with E-state index in [1.807, 2.05) is 0 Å². The van der Waals surface area contributed by atoms with Crippen LogP contribution in [0.15, 0.2) is 10.9 Å². The molecule has 0 bridgehead atoms. The summed E-state index contributed by atoms with van der Waals surface area (Å²) in [5, 5.41) is 10.7. The van der Waals surface area contributed by atoms with E-state index in [-0.39, 0.29) is 12.7 Å². The van der Waals surface area contributed by atoms with E-state index in [0.717, 1.165) is 0 Å². The Labute approximate surface area is 108 Å². The normalized spacial score (nSPS) is 11.0. The Morgan fingerprint density at radius 2 is 2.10 bits per heavy atom. The molecule has 20 heavy (non-hydrogen) atoms. The first kappa shape index (κ1) is 15.5. The Morgan fingerprint density at radius 1 is 1.50 bits per heavy atom. The van der Waals surface area contributed by atoms with Gasteiger partial charge in [0.1, 0.15) is 0 Å². The summed E-state index contributed by atoms with van der Waals surface area (Å²) in [6.45, 7) is 1.22. The average molecular weight is 296 g/mol. The summed E-state index contributed by atoms with van der Waals surface area (Å²) in [4.78, 5) is 33.9. The van der Waals surface area contributed by atoms with Crippen LogP contribution in [0.25, 0.3) is 0 Å². The van der Waals surface area contributed by atoms with Gasteiger partial charge in [0.05, 0.1) is 17.6 Å². The van der Waals surface area contributed by atoms with Crippen molar-refractivity contribution < 1.29 is 32.4 Å². The minimum atomic E-state index is -5.15. The van der Waals surface area contributed by atoms with E-state index in [9.17, 15) is 32.9 Å². The van der Waals surface area contributed by atoms with Crippen molar-refractivity contribution in [2.75, 3.05) is 6.61 Å². The van der Waals surface area contributed by atoms with Gasteiger partial charge in [-0.25, -0.2) is 4.79 Å². The molecule has 0 unspecified atom stereocenters. The van der Waals surface area contributed by atoms with E-state index in [2.05, 4.69) is 9.47 Å². The summed E-state index contributed by atoms with van der Waals surface area (Å²) in [6, 6.07) is 0.279. The summed E-state index contributed by atoms with van der Waals surface area (Å²) >= 11 is 0. The maximum absolute atomic E-state index is 12.0. The van der Waals surface area contributed by atoms with E-state index in [4.69, 9.17) is 0 Å². The third-order valence-electron chi connectivity index (χ3n) is 1.89.